The average Bonchev–Trinajstić information content (AvgIpc) is 2.42. The van der Waals surface area contributed by atoms with E-state index in [9.17, 15) is 4.79 Å². The number of hydrogen-bond acceptors (Lipinski definition) is 2. The molecule has 0 spiro atoms. The van der Waals surface area contributed by atoms with Crippen LogP contribution in [-0.2, 0) is 6.54 Å². The van der Waals surface area contributed by atoms with Crippen molar-refractivity contribution in [1.82, 2.24) is 9.78 Å². The Hall–Kier alpha value is -0.350. The first-order valence-electron chi connectivity index (χ1n) is 4.45. The van der Waals surface area contributed by atoms with Crippen molar-refractivity contribution in [1.29, 1.82) is 0 Å². The van der Waals surface area contributed by atoms with Gasteiger partial charge in [-0.15, -0.1) is 0 Å². The number of aryl methyl sites for hydroxylation is 1. The topological polar surface area (TPSA) is 34.9 Å². The predicted molar refractivity (Wildman–Crippen MR) is 59.9 cm³/mol. The minimum Gasteiger partial charge on any atom is -0.274 e. The van der Waals surface area contributed by atoms with Gasteiger partial charge in [0.2, 0.25) is 0 Å². The van der Waals surface area contributed by atoms with Crippen molar-refractivity contribution in [3.05, 3.63) is 15.9 Å². The first kappa shape index (κ1) is 11.7. The minimum absolute atomic E-state index is 0.270. The number of carbonyl (C=O) groups excluding carboxylic acids is 1. The molecule has 0 saturated carbocycles. The number of aromatic nitrogens is 2. The molecule has 0 N–H and O–H groups in total. The van der Waals surface area contributed by atoms with Gasteiger partial charge in [-0.2, -0.15) is 5.10 Å². The van der Waals surface area contributed by atoms with Crippen molar-refractivity contribution < 1.29 is 4.79 Å². The van der Waals surface area contributed by atoms with E-state index >= 15 is 0 Å². The van der Waals surface area contributed by atoms with Crippen LogP contribution in [0.15, 0.2) is 4.47 Å². The third kappa shape index (κ3) is 2.01. The smallest absolute Gasteiger partial charge is 0.271 e. The lowest BCUT2D eigenvalue weighted by atomic mass is 10.1. The van der Waals surface area contributed by atoms with Gasteiger partial charge in [-0.25, -0.2) is 0 Å². The maximum absolute atomic E-state index is 11.2. The Bertz CT molecular complexity index is 360. The Morgan fingerprint density at radius 2 is 2.21 bits per heavy atom. The highest BCUT2D eigenvalue weighted by Crippen LogP contribution is 2.28. The molecule has 0 aliphatic rings. The van der Waals surface area contributed by atoms with Gasteiger partial charge in [0.1, 0.15) is 5.69 Å². The molecule has 0 atom stereocenters. The van der Waals surface area contributed by atoms with Gasteiger partial charge in [0.25, 0.3) is 5.24 Å². The standard InChI is InChI=1S/C9H12BrClN2O/c1-4-13-8(9(11)14)6(10)7(12-13)5(2)3/h5H,4H2,1-3H3. The molecular weight excluding hydrogens is 267 g/mol. The van der Waals surface area contributed by atoms with E-state index in [0.717, 1.165) is 5.69 Å². The Kier molecular flexibility index (Phi) is 3.72. The molecule has 0 unspecified atom stereocenters. The van der Waals surface area contributed by atoms with Gasteiger partial charge in [-0.05, 0) is 40.4 Å². The molecule has 1 rings (SSSR count). The monoisotopic (exact) mass is 278 g/mol. The number of carbonyl (C=O) groups is 1. The summed E-state index contributed by atoms with van der Waals surface area (Å²) in [5, 5.41) is 3.84. The van der Waals surface area contributed by atoms with Gasteiger partial charge in [-0.3, -0.25) is 9.48 Å². The molecule has 1 aromatic heterocycles. The molecule has 0 saturated heterocycles. The Morgan fingerprint density at radius 1 is 1.64 bits per heavy atom. The van der Waals surface area contributed by atoms with Gasteiger partial charge >= 0.3 is 0 Å². The maximum Gasteiger partial charge on any atom is 0.271 e. The van der Waals surface area contributed by atoms with E-state index in [1.54, 1.807) is 4.68 Å². The molecule has 0 aromatic carbocycles. The van der Waals surface area contributed by atoms with Crippen molar-refractivity contribution in [3.63, 3.8) is 0 Å². The van der Waals surface area contributed by atoms with E-state index in [-0.39, 0.29) is 5.92 Å². The van der Waals surface area contributed by atoms with Crippen LogP contribution in [0.25, 0.3) is 0 Å². The van der Waals surface area contributed by atoms with Crippen LogP contribution in [0.3, 0.4) is 0 Å². The molecule has 1 heterocycles. The van der Waals surface area contributed by atoms with E-state index in [2.05, 4.69) is 21.0 Å². The summed E-state index contributed by atoms with van der Waals surface area (Å²) < 4.78 is 2.34. The lowest BCUT2D eigenvalue weighted by molar-refractivity contribution is 0.107. The molecule has 1 aromatic rings. The van der Waals surface area contributed by atoms with Crippen LogP contribution in [0.2, 0.25) is 0 Å². The normalized spacial score (nSPS) is 11.0. The second-order valence-electron chi connectivity index (χ2n) is 3.29. The first-order valence-corrected chi connectivity index (χ1v) is 5.62. The lowest BCUT2D eigenvalue weighted by Crippen LogP contribution is -2.05. The van der Waals surface area contributed by atoms with E-state index in [4.69, 9.17) is 11.6 Å². The fourth-order valence-electron chi connectivity index (χ4n) is 1.24. The second-order valence-corrected chi connectivity index (χ2v) is 4.43. The minimum atomic E-state index is -0.474. The fraction of sp³-hybridized carbons (Fsp3) is 0.556. The average molecular weight is 280 g/mol. The SMILES string of the molecule is CCn1nc(C(C)C)c(Br)c1C(=O)Cl. The van der Waals surface area contributed by atoms with Crippen molar-refractivity contribution >= 4 is 32.8 Å². The fourth-order valence-corrected chi connectivity index (χ4v) is 2.47. The third-order valence-corrected chi connectivity index (χ3v) is 2.91. The molecule has 5 heteroatoms. The first-order chi connectivity index (χ1) is 6.49. The highest BCUT2D eigenvalue weighted by molar-refractivity contribution is 9.10. The summed E-state index contributed by atoms with van der Waals surface area (Å²) in [4.78, 5) is 11.2. The van der Waals surface area contributed by atoms with Gasteiger partial charge in [0.15, 0.2) is 0 Å². The number of nitrogens with zero attached hydrogens (tertiary/aromatic N) is 2. The van der Waals surface area contributed by atoms with Crippen LogP contribution >= 0.6 is 27.5 Å². The van der Waals surface area contributed by atoms with E-state index < -0.39 is 5.24 Å². The van der Waals surface area contributed by atoms with Crippen molar-refractivity contribution in [2.45, 2.75) is 33.2 Å². The van der Waals surface area contributed by atoms with Gasteiger partial charge in [-0.1, -0.05) is 13.8 Å². The van der Waals surface area contributed by atoms with Crippen molar-refractivity contribution in [3.8, 4) is 0 Å². The maximum atomic E-state index is 11.2. The highest BCUT2D eigenvalue weighted by atomic mass is 79.9. The van der Waals surface area contributed by atoms with Crippen LogP contribution in [0.1, 0.15) is 42.9 Å². The summed E-state index contributed by atoms with van der Waals surface area (Å²) in [7, 11) is 0. The van der Waals surface area contributed by atoms with E-state index in [1.165, 1.54) is 0 Å². The highest BCUT2D eigenvalue weighted by Gasteiger charge is 2.21. The Balaban J connectivity index is 3.33. The summed E-state index contributed by atoms with van der Waals surface area (Å²) in [6, 6.07) is 0. The van der Waals surface area contributed by atoms with E-state index in [0.29, 0.717) is 16.7 Å². The number of halogens is 2. The zero-order chi connectivity index (χ0) is 10.9. The van der Waals surface area contributed by atoms with Crippen LogP contribution in [0.4, 0.5) is 0 Å². The van der Waals surface area contributed by atoms with Crippen LogP contribution in [0, 0.1) is 0 Å². The summed E-state index contributed by atoms with van der Waals surface area (Å²) in [6.07, 6.45) is 0. The van der Waals surface area contributed by atoms with E-state index in [1.807, 2.05) is 20.8 Å². The van der Waals surface area contributed by atoms with Gasteiger partial charge in [0.05, 0.1) is 10.2 Å². The molecule has 14 heavy (non-hydrogen) atoms. The van der Waals surface area contributed by atoms with Crippen molar-refractivity contribution in [2.75, 3.05) is 0 Å². The molecule has 0 fully saturated rings. The Labute approximate surface area is 96.6 Å². The summed E-state index contributed by atoms with van der Waals surface area (Å²) >= 11 is 8.84. The molecule has 0 amide bonds. The van der Waals surface area contributed by atoms with Crippen LogP contribution in [-0.4, -0.2) is 15.0 Å². The van der Waals surface area contributed by atoms with Gasteiger partial charge < -0.3 is 0 Å². The third-order valence-electron chi connectivity index (χ3n) is 1.95. The quantitative estimate of drug-likeness (QED) is 0.797. The molecule has 0 bridgehead atoms. The molecule has 3 nitrogen and oxygen atoms in total. The zero-order valence-corrected chi connectivity index (χ0v) is 10.7. The molecule has 0 aliphatic carbocycles. The van der Waals surface area contributed by atoms with Crippen molar-refractivity contribution in [2.24, 2.45) is 0 Å². The lowest BCUT2D eigenvalue weighted by Gasteiger charge is -1.98. The zero-order valence-electron chi connectivity index (χ0n) is 8.34. The molecule has 0 aliphatic heterocycles. The predicted octanol–water partition coefficient (Wildman–Crippen LogP) is 3.17. The summed E-state index contributed by atoms with van der Waals surface area (Å²) in [6.45, 7) is 6.61. The number of hydrogen-bond donors (Lipinski definition) is 0. The largest absolute Gasteiger partial charge is 0.274 e. The summed E-state index contributed by atoms with van der Waals surface area (Å²) in [5.74, 6) is 0.270. The molecular formula is C9H12BrClN2O. The summed E-state index contributed by atoms with van der Waals surface area (Å²) in [5.41, 5.74) is 1.31. The molecule has 78 valence electrons. The number of rotatable bonds is 3. The Morgan fingerprint density at radius 3 is 2.50 bits per heavy atom. The second kappa shape index (κ2) is 4.45. The van der Waals surface area contributed by atoms with Crippen LogP contribution in [0.5, 0.6) is 0 Å². The van der Waals surface area contributed by atoms with Gasteiger partial charge in [0, 0.05) is 6.54 Å². The molecule has 0 radical (unpaired) electrons. The van der Waals surface area contributed by atoms with Crippen LogP contribution < -0.4 is 0 Å².